The summed E-state index contributed by atoms with van der Waals surface area (Å²) in [5.41, 5.74) is 1.93. The van der Waals surface area contributed by atoms with Crippen LogP contribution in [-0.2, 0) is 0 Å². The molecule has 0 radical (unpaired) electrons. The molecule has 0 heterocycles. The van der Waals surface area contributed by atoms with Crippen LogP contribution in [0.25, 0.3) is 0 Å². The minimum absolute atomic E-state index is 0.0704. The second-order valence-electron chi connectivity index (χ2n) is 4.59. The van der Waals surface area contributed by atoms with Gasteiger partial charge in [0, 0.05) is 23.2 Å². The molecule has 0 fully saturated rings. The third-order valence-electron chi connectivity index (χ3n) is 3.29. The van der Waals surface area contributed by atoms with Crippen molar-refractivity contribution in [2.24, 2.45) is 10.9 Å². The highest BCUT2D eigenvalue weighted by Crippen LogP contribution is 2.23. The second kappa shape index (κ2) is 6.41. The van der Waals surface area contributed by atoms with Gasteiger partial charge in [0.15, 0.2) is 5.78 Å². The molecule has 0 saturated heterocycles. The Morgan fingerprint density at radius 3 is 2.38 bits per heavy atom. The number of hydrogen-bond acceptors (Lipinski definition) is 3. The Hall–Kier alpha value is -2.33. The number of ketones is 1. The minimum Gasteiger partial charge on any atom is -0.331 e. The molecule has 0 amide bonds. The number of hydrogen-bond donors (Lipinski definition) is 1. The Morgan fingerprint density at radius 2 is 1.76 bits per heavy atom. The van der Waals surface area contributed by atoms with Crippen molar-refractivity contribution in [3.05, 3.63) is 64.7 Å². The average Bonchev–Trinajstić information content (AvgIpc) is 2.53. The van der Waals surface area contributed by atoms with E-state index in [4.69, 9.17) is 17.4 Å². The molecule has 0 spiro atoms. The first-order chi connectivity index (χ1) is 10.0. The lowest BCUT2D eigenvalue weighted by Gasteiger charge is -2.21. The first kappa shape index (κ1) is 15.1. The summed E-state index contributed by atoms with van der Waals surface area (Å²) in [4.78, 5) is 14.4. The monoisotopic (exact) mass is 301 g/mol. The molecule has 0 aliphatic rings. The van der Waals surface area contributed by atoms with Gasteiger partial charge in [-0.15, -0.1) is 0 Å². The first-order valence-electron chi connectivity index (χ1n) is 6.42. The smallest absolute Gasteiger partial charge is 0.195 e. The van der Waals surface area contributed by atoms with Crippen LogP contribution in [0.1, 0.15) is 22.8 Å². The predicted octanol–water partition coefficient (Wildman–Crippen LogP) is 3.30. The number of benzene rings is 2. The number of carbonyl (C=O) groups excluding carboxylic acids is 1. The van der Waals surface area contributed by atoms with E-state index in [1.807, 2.05) is 25.2 Å². The van der Waals surface area contributed by atoms with Crippen molar-refractivity contribution >= 4 is 28.9 Å². The Kier molecular flexibility index (Phi) is 4.60. The molecule has 108 valence electrons. The zero-order chi connectivity index (χ0) is 15.4. The van der Waals surface area contributed by atoms with Crippen molar-refractivity contribution in [3.63, 3.8) is 0 Å². The fourth-order valence-electron chi connectivity index (χ4n) is 1.98. The zero-order valence-corrected chi connectivity index (χ0v) is 12.6. The van der Waals surface area contributed by atoms with E-state index in [9.17, 15) is 4.79 Å². The summed E-state index contributed by atoms with van der Waals surface area (Å²) in [5.74, 6) is 5.86. The van der Waals surface area contributed by atoms with Crippen LogP contribution in [0.4, 0.5) is 5.69 Å². The number of rotatable bonds is 3. The Morgan fingerprint density at radius 1 is 1.14 bits per heavy atom. The maximum absolute atomic E-state index is 12.7. The number of anilines is 1. The van der Waals surface area contributed by atoms with Crippen LogP contribution in [0.15, 0.2) is 53.6 Å². The average molecular weight is 302 g/mol. The number of para-hydroxylation sites is 1. The quantitative estimate of drug-likeness (QED) is 0.311. The minimum atomic E-state index is -0.0704. The van der Waals surface area contributed by atoms with E-state index in [-0.39, 0.29) is 5.78 Å². The molecule has 0 aliphatic carbocycles. The van der Waals surface area contributed by atoms with E-state index >= 15 is 0 Å². The Balaban J connectivity index is 2.45. The van der Waals surface area contributed by atoms with Crippen molar-refractivity contribution in [2.75, 3.05) is 11.9 Å². The zero-order valence-electron chi connectivity index (χ0n) is 11.9. The Labute approximate surface area is 128 Å². The lowest BCUT2D eigenvalue weighted by atomic mass is 10.0. The molecule has 0 saturated carbocycles. The van der Waals surface area contributed by atoms with E-state index in [0.717, 1.165) is 5.69 Å². The summed E-state index contributed by atoms with van der Waals surface area (Å²) in [6, 6.07) is 14.2. The van der Waals surface area contributed by atoms with Gasteiger partial charge < -0.3 is 10.7 Å². The van der Waals surface area contributed by atoms with Crippen LogP contribution in [0.2, 0.25) is 5.02 Å². The van der Waals surface area contributed by atoms with Crippen LogP contribution >= 0.6 is 11.6 Å². The molecule has 0 bridgehead atoms. The van der Waals surface area contributed by atoms with Gasteiger partial charge in [-0.3, -0.25) is 4.79 Å². The number of nitrogens with two attached hydrogens (primary N) is 1. The summed E-state index contributed by atoms with van der Waals surface area (Å²) >= 11 is 5.86. The van der Waals surface area contributed by atoms with Gasteiger partial charge in [-0.2, -0.15) is 5.10 Å². The SMILES string of the molecule is C/C(=N/N)N(C)c1ccccc1C(=O)c1ccc(Cl)cc1. The molecule has 2 aromatic rings. The topological polar surface area (TPSA) is 58.7 Å². The second-order valence-corrected chi connectivity index (χ2v) is 5.02. The molecular formula is C16H16ClN3O. The van der Waals surface area contributed by atoms with E-state index in [0.29, 0.717) is 22.0 Å². The van der Waals surface area contributed by atoms with Gasteiger partial charge in [0.1, 0.15) is 5.84 Å². The summed E-state index contributed by atoms with van der Waals surface area (Å²) in [6.45, 7) is 1.78. The number of nitrogens with zero attached hydrogens (tertiary/aromatic N) is 2. The third kappa shape index (κ3) is 3.23. The number of hydrazone groups is 1. The maximum atomic E-state index is 12.7. The molecular weight excluding hydrogens is 286 g/mol. The van der Waals surface area contributed by atoms with Crippen molar-refractivity contribution in [3.8, 4) is 0 Å². The molecule has 4 nitrogen and oxygen atoms in total. The Bertz CT molecular complexity index is 680. The molecule has 0 atom stereocenters. The van der Waals surface area contributed by atoms with E-state index in [2.05, 4.69) is 5.10 Å². The molecule has 0 aliphatic heterocycles. The highest BCUT2D eigenvalue weighted by molar-refractivity contribution is 6.30. The highest BCUT2D eigenvalue weighted by atomic mass is 35.5. The van der Waals surface area contributed by atoms with Crippen molar-refractivity contribution in [2.45, 2.75) is 6.92 Å². The summed E-state index contributed by atoms with van der Waals surface area (Å²) in [5, 5.41) is 4.26. The summed E-state index contributed by atoms with van der Waals surface area (Å²) < 4.78 is 0. The lowest BCUT2D eigenvalue weighted by molar-refractivity contribution is 0.103. The van der Waals surface area contributed by atoms with Crippen molar-refractivity contribution < 1.29 is 4.79 Å². The van der Waals surface area contributed by atoms with Crippen LogP contribution < -0.4 is 10.7 Å². The van der Waals surface area contributed by atoms with Gasteiger partial charge >= 0.3 is 0 Å². The van der Waals surface area contributed by atoms with Gasteiger partial charge in [0.2, 0.25) is 0 Å². The first-order valence-corrected chi connectivity index (χ1v) is 6.80. The third-order valence-corrected chi connectivity index (χ3v) is 3.54. The fraction of sp³-hybridized carbons (Fsp3) is 0.125. The lowest BCUT2D eigenvalue weighted by Crippen LogP contribution is -2.26. The number of carbonyl (C=O) groups is 1. The number of halogens is 1. The normalized spacial score (nSPS) is 11.3. The van der Waals surface area contributed by atoms with Crippen LogP contribution in [-0.4, -0.2) is 18.7 Å². The standard InChI is InChI=1S/C16H16ClN3O/c1-11(19-18)20(2)15-6-4-3-5-14(15)16(21)12-7-9-13(17)10-8-12/h3-10H,18H2,1-2H3/b19-11-. The molecule has 21 heavy (non-hydrogen) atoms. The molecule has 0 aromatic heterocycles. The molecule has 2 aromatic carbocycles. The molecule has 0 unspecified atom stereocenters. The molecule has 5 heteroatoms. The van der Waals surface area contributed by atoms with Gasteiger partial charge in [-0.1, -0.05) is 23.7 Å². The number of amidine groups is 1. The largest absolute Gasteiger partial charge is 0.331 e. The van der Waals surface area contributed by atoms with E-state index in [1.54, 1.807) is 42.2 Å². The maximum Gasteiger partial charge on any atom is 0.195 e. The summed E-state index contributed by atoms with van der Waals surface area (Å²) in [7, 11) is 1.82. The molecule has 2 rings (SSSR count). The van der Waals surface area contributed by atoms with Crippen LogP contribution in [0, 0.1) is 0 Å². The fourth-order valence-corrected chi connectivity index (χ4v) is 2.10. The molecule has 2 N–H and O–H groups in total. The van der Waals surface area contributed by atoms with Crippen LogP contribution in [0.3, 0.4) is 0 Å². The van der Waals surface area contributed by atoms with Crippen molar-refractivity contribution in [1.29, 1.82) is 0 Å². The van der Waals surface area contributed by atoms with Gasteiger partial charge in [0.05, 0.1) is 5.69 Å². The van der Waals surface area contributed by atoms with E-state index in [1.165, 1.54) is 0 Å². The predicted molar refractivity (Wildman–Crippen MR) is 87.0 cm³/mol. The van der Waals surface area contributed by atoms with E-state index < -0.39 is 0 Å². The van der Waals surface area contributed by atoms with Gasteiger partial charge in [0.25, 0.3) is 0 Å². The van der Waals surface area contributed by atoms with Crippen LogP contribution in [0.5, 0.6) is 0 Å². The van der Waals surface area contributed by atoms with Gasteiger partial charge in [-0.05, 0) is 43.3 Å². The van der Waals surface area contributed by atoms with Crippen molar-refractivity contribution in [1.82, 2.24) is 0 Å². The van der Waals surface area contributed by atoms with Gasteiger partial charge in [-0.25, -0.2) is 0 Å². The summed E-state index contributed by atoms with van der Waals surface area (Å²) in [6.07, 6.45) is 0. The highest BCUT2D eigenvalue weighted by Gasteiger charge is 2.16.